The maximum atomic E-state index is 12.6. The van der Waals surface area contributed by atoms with E-state index in [1.54, 1.807) is 6.92 Å². The van der Waals surface area contributed by atoms with Crippen molar-refractivity contribution in [1.29, 1.82) is 0 Å². The molecule has 96 valence electrons. The molecule has 0 amide bonds. The van der Waals surface area contributed by atoms with E-state index in [1.807, 2.05) is 0 Å². The second-order valence-electron chi connectivity index (χ2n) is 3.72. The maximum Gasteiger partial charge on any atom is 0.416 e. The molecule has 2 aromatic rings. The first-order valence-corrected chi connectivity index (χ1v) is 5.61. The van der Waals surface area contributed by atoms with Gasteiger partial charge in [0.05, 0.1) is 22.8 Å². The summed E-state index contributed by atoms with van der Waals surface area (Å²) in [6.07, 6.45) is -4.38. The van der Waals surface area contributed by atoms with Gasteiger partial charge in [-0.15, -0.1) is 16.7 Å². The summed E-state index contributed by atoms with van der Waals surface area (Å²) in [5, 5.41) is 7.60. The maximum absolute atomic E-state index is 12.6. The van der Waals surface area contributed by atoms with E-state index in [0.717, 1.165) is 12.1 Å². The lowest BCUT2D eigenvalue weighted by Crippen LogP contribution is -2.07. The average molecular weight is 276 g/mol. The number of benzene rings is 1. The number of halogens is 4. The molecule has 0 bridgehead atoms. The Balaban J connectivity index is 2.48. The van der Waals surface area contributed by atoms with E-state index in [2.05, 4.69) is 10.3 Å². The molecule has 0 aliphatic heterocycles. The topological polar surface area (TPSA) is 30.7 Å². The largest absolute Gasteiger partial charge is 0.416 e. The number of rotatable bonds is 2. The van der Waals surface area contributed by atoms with Crippen molar-refractivity contribution in [2.45, 2.75) is 19.0 Å². The fourth-order valence-electron chi connectivity index (χ4n) is 1.54. The van der Waals surface area contributed by atoms with Crippen LogP contribution in [0, 0.1) is 6.92 Å². The normalized spacial score (nSPS) is 11.8. The Morgan fingerprint density at radius 3 is 2.61 bits per heavy atom. The molecule has 0 fully saturated rings. The number of hydrogen-bond donors (Lipinski definition) is 0. The van der Waals surface area contributed by atoms with Crippen LogP contribution in [0.25, 0.3) is 5.69 Å². The van der Waals surface area contributed by atoms with Crippen molar-refractivity contribution in [2.24, 2.45) is 0 Å². The van der Waals surface area contributed by atoms with Gasteiger partial charge in [0.1, 0.15) is 5.69 Å². The minimum absolute atomic E-state index is 0.171. The summed E-state index contributed by atoms with van der Waals surface area (Å²) in [7, 11) is 0. The van der Waals surface area contributed by atoms with Crippen molar-refractivity contribution in [1.82, 2.24) is 15.0 Å². The molecule has 0 spiro atoms. The summed E-state index contributed by atoms with van der Waals surface area (Å²) in [4.78, 5) is 0. The predicted molar refractivity (Wildman–Crippen MR) is 60.7 cm³/mol. The molecule has 0 atom stereocenters. The van der Waals surface area contributed by atoms with Crippen molar-refractivity contribution in [2.75, 3.05) is 0 Å². The number of alkyl halides is 4. The zero-order valence-electron chi connectivity index (χ0n) is 9.37. The van der Waals surface area contributed by atoms with E-state index in [1.165, 1.54) is 16.8 Å². The molecule has 0 saturated carbocycles. The Bertz CT molecular complexity index is 563. The highest BCUT2D eigenvalue weighted by molar-refractivity contribution is 6.16. The van der Waals surface area contributed by atoms with Crippen LogP contribution in [0.15, 0.2) is 24.3 Å². The zero-order valence-corrected chi connectivity index (χ0v) is 10.1. The van der Waals surface area contributed by atoms with Crippen molar-refractivity contribution in [3.8, 4) is 5.69 Å². The molecule has 1 heterocycles. The van der Waals surface area contributed by atoms with Crippen molar-refractivity contribution in [3.63, 3.8) is 0 Å². The second kappa shape index (κ2) is 4.61. The summed E-state index contributed by atoms with van der Waals surface area (Å²) < 4.78 is 39.1. The van der Waals surface area contributed by atoms with Gasteiger partial charge in [-0.3, -0.25) is 0 Å². The van der Waals surface area contributed by atoms with Crippen LogP contribution in [0.2, 0.25) is 0 Å². The molecular weight excluding hydrogens is 267 g/mol. The minimum atomic E-state index is -4.38. The third kappa shape index (κ3) is 2.33. The standard InChI is InChI=1S/C11H9ClF3N3/c1-7-10(6-12)16-17-18(7)9-4-2-3-8(5-9)11(13,14)15/h2-5H,6H2,1H3. The lowest BCUT2D eigenvalue weighted by molar-refractivity contribution is -0.137. The summed E-state index contributed by atoms with van der Waals surface area (Å²) in [5.41, 5.74) is 0.770. The van der Waals surface area contributed by atoms with Gasteiger partial charge in [0.25, 0.3) is 0 Å². The lowest BCUT2D eigenvalue weighted by Gasteiger charge is -2.09. The molecule has 0 aliphatic rings. The highest BCUT2D eigenvalue weighted by Crippen LogP contribution is 2.30. The lowest BCUT2D eigenvalue weighted by atomic mass is 10.2. The SMILES string of the molecule is Cc1c(CCl)nnn1-c1cccc(C(F)(F)F)c1. The van der Waals surface area contributed by atoms with Gasteiger partial charge in [0.2, 0.25) is 0 Å². The molecule has 0 aliphatic carbocycles. The van der Waals surface area contributed by atoms with Gasteiger partial charge in [-0.1, -0.05) is 11.3 Å². The third-order valence-corrected chi connectivity index (χ3v) is 2.79. The van der Waals surface area contributed by atoms with Gasteiger partial charge in [-0.05, 0) is 25.1 Å². The van der Waals surface area contributed by atoms with E-state index in [-0.39, 0.29) is 5.88 Å². The Kier molecular flexibility index (Phi) is 3.30. The highest BCUT2D eigenvalue weighted by atomic mass is 35.5. The first-order chi connectivity index (χ1) is 8.43. The number of hydrogen-bond acceptors (Lipinski definition) is 2. The fourth-order valence-corrected chi connectivity index (χ4v) is 1.79. The molecule has 7 heteroatoms. The van der Waals surface area contributed by atoms with Crippen molar-refractivity contribution < 1.29 is 13.2 Å². The van der Waals surface area contributed by atoms with E-state index in [9.17, 15) is 13.2 Å². The van der Waals surface area contributed by atoms with Crippen LogP contribution < -0.4 is 0 Å². The van der Waals surface area contributed by atoms with Gasteiger partial charge in [-0.2, -0.15) is 13.2 Å². The number of aromatic nitrogens is 3. The van der Waals surface area contributed by atoms with E-state index < -0.39 is 11.7 Å². The second-order valence-corrected chi connectivity index (χ2v) is 3.98. The quantitative estimate of drug-likeness (QED) is 0.787. The van der Waals surface area contributed by atoms with Gasteiger partial charge >= 0.3 is 6.18 Å². The number of nitrogens with zero attached hydrogens (tertiary/aromatic N) is 3. The van der Waals surface area contributed by atoms with Crippen LogP contribution in [0.1, 0.15) is 17.0 Å². The van der Waals surface area contributed by atoms with Gasteiger partial charge in [0.15, 0.2) is 0 Å². The first kappa shape index (κ1) is 12.9. The first-order valence-electron chi connectivity index (χ1n) is 5.08. The Morgan fingerprint density at radius 2 is 2.06 bits per heavy atom. The van der Waals surface area contributed by atoms with Gasteiger partial charge < -0.3 is 0 Å². The van der Waals surface area contributed by atoms with Crippen LogP contribution in [-0.4, -0.2) is 15.0 Å². The Labute approximate surface area is 106 Å². The summed E-state index contributed by atoms with van der Waals surface area (Å²) >= 11 is 5.64. The Hall–Kier alpha value is -1.56. The van der Waals surface area contributed by atoms with Crippen molar-refractivity contribution in [3.05, 3.63) is 41.2 Å². The monoisotopic (exact) mass is 275 g/mol. The minimum Gasteiger partial charge on any atom is -0.218 e. The smallest absolute Gasteiger partial charge is 0.218 e. The van der Waals surface area contributed by atoms with E-state index >= 15 is 0 Å². The molecule has 2 rings (SSSR count). The Morgan fingerprint density at radius 1 is 1.33 bits per heavy atom. The highest BCUT2D eigenvalue weighted by Gasteiger charge is 2.30. The van der Waals surface area contributed by atoms with Crippen LogP contribution >= 0.6 is 11.6 Å². The zero-order chi connectivity index (χ0) is 13.3. The van der Waals surface area contributed by atoms with Crippen LogP contribution in [0.4, 0.5) is 13.2 Å². The molecule has 1 aromatic heterocycles. The third-order valence-electron chi connectivity index (χ3n) is 2.53. The summed E-state index contributed by atoms with van der Waals surface area (Å²) in [5.74, 6) is 0.171. The molecule has 0 radical (unpaired) electrons. The van der Waals surface area contributed by atoms with E-state index in [0.29, 0.717) is 17.1 Å². The van der Waals surface area contributed by atoms with Gasteiger partial charge in [-0.25, -0.2) is 4.68 Å². The molecular formula is C11H9ClF3N3. The predicted octanol–water partition coefficient (Wildman–Crippen LogP) is 3.33. The van der Waals surface area contributed by atoms with E-state index in [4.69, 9.17) is 11.6 Å². The van der Waals surface area contributed by atoms with Crippen LogP contribution in [0.3, 0.4) is 0 Å². The van der Waals surface area contributed by atoms with Gasteiger partial charge in [0, 0.05) is 0 Å². The molecule has 18 heavy (non-hydrogen) atoms. The summed E-state index contributed by atoms with van der Waals surface area (Å²) in [6, 6.07) is 4.91. The van der Waals surface area contributed by atoms with Crippen LogP contribution in [-0.2, 0) is 12.1 Å². The van der Waals surface area contributed by atoms with Crippen LogP contribution in [0.5, 0.6) is 0 Å². The molecule has 0 N–H and O–H groups in total. The molecule has 1 aromatic carbocycles. The average Bonchev–Trinajstić information content (AvgIpc) is 2.69. The fraction of sp³-hybridized carbons (Fsp3) is 0.273. The molecule has 0 unspecified atom stereocenters. The molecule has 3 nitrogen and oxygen atoms in total. The van der Waals surface area contributed by atoms with Crippen molar-refractivity contribution >= 4 is 11.6 Å². The summed E-state index contributed by atoms with van der Waals surface area (Å²) in [6.45, 7) is 1.71. The molecule has 0 saturated heterocycles.